The van der Waals surface area contributed by atoms with E-state index in [4.69, 9.17) is 9.47 Å². The number of aliphatic hydroxyl groups is 1. The van der Waals surface area contributed by atoms with Gasteiger partial charge in [0.1, 0.15) is 17.6 Å². The Morgan fingerprint density at radius 2 is 1.89 bits per heavy atom. The second-order valence-corrected chi connectivity index (χ2v) is 7.14. The van der Waals surface area contributed by atoms with Crippen LogP contribution in [0, 0.1) is 0 Å². The summed E-state index contributed by atoms with van der Waals surface area (Å²) in [6, 6.07) is 15.8. The zero-order chi connectivity index (χ0) is 20.5. The molecule has 0 saturated carbocycles. The summed E-state index contributed by atoms with van der Waals surface area (Å²) < 4.78 is 11.8. The molecule has 1 unspecified atom stereocenters. The van der Waals surface area contributed by atoms with Crippen LogP contribution >= 0.6 is 15.9 Å². The fourth-order valence-electron chi connectivity index (χ4n) is 2.57. The number of carbonyl (C=O) groups excluding carboxylic acids is 1. The molecular weight excluding hydrogens is 420 g/mol. The van der Waals surface area contributed by atoms with E-state index in [1.807, 2.05) is 61.5 Å². The summed E-state index contributed by atoms with van der Waals surface area (Å²) in [5.41, 5.74) is 2.85. The summed E-state index contributed by atoms with van der Waals surface area (Å²) in [7, 11) is 0. The van der Waals surface area contributed by atoms with Crippen molar-refractivity contribution in [2.24, 2.45) is 0 Å². The van der Waals surface area contributed by atoms with Gasteiger partial charge >= 0.3 is 5.97 Å². The monoisotopic (exact) mass is 444 g/mol. The number of esters is 1. The van der Waals surface area contributed by atoms with Crippen LogP contribution in [0.1, 0.15) is 26.3 Å². The van der Waals surface area contributed by atoms with E-state index in [9.17, 15) is 9.90 Å². The molecular formula is C23H25BrO4. The lowest BCUT2D eigenvalue weighted by Crippen LogP contribution is -2.13. The summed E-state index contributed by atoms with van der Waals surface area (Å²) in [6.07, 6.45) is 3.45. The molecule has 1 atom stereocenters. The normalized spacial score (nSPS) is 13.1. The van der Waals surface area contributed by atoms with Crippen molar-refractivity contribution in [3.63, 3.8) is 0 Å². The van der Waals surface area contributed by atoms with E-state index in [1.165, 1.54) is 0 Å². The zero-order valence-electron chi connectivity index (χ0n) is 16.3. The van der Waals surface area contributed by atoms with Gasteiger partial charge in [0.25, 0.3) is 0 Å². The quantitative estimate of drug-likeness (QED) is 0.309. The lowest BCUT2D eigenvalue weighted by Gasteiger charge is -2.16. The molecule has 5 heteroatoms. The Balaban J connectivity index is 2.31. The van der Waals surface area contributed by atoms with E-state index in [0.717, 1.165) is 16.7 Å². The number of rotatable bonds is 8. The SMILES string of the molecule is CCOC(=O)Cc1ccc(-c2ccccc2)cc1OC(C)/C=C\C(Br)=C(/C)O. The van der Waals surface area contributed by atoms with Crippen molar-refractivity contribution >= 4 is 21.9 Å². The fraction of sp³-hybridized carbons (Fsp3) is 0.261. The number of ether oxygens (including phenoxy) is 2. The average molecular weight is 445 g/mol. The van der Waals surface area contributed by atoms with Crippen molar-refractivity contribution in [1.29, 1.82) is 0 Å². The fourth-order valence-corrected chi connectivity index (χ4v) is 2.72. The van der Waals surface area contributed by atoms with Gasteiger partial charge in [0, 0.05) is 5.56 Å². The molecule has 2 aromatic carbocycles. The molecule has 0 saturated heterocycles. The maximum Gasteiger partial charge on any atom is 0.310 e. The highest BCUT2D eigenvalue weighted by molar-refractivity contribution is 9.11. The summed E-state index contributed by atoms with van der Waals surface area (Å²) in [4.78, 5) is 12.0. The second kappa shape index (κ2) is 10.7. The predicted octanol–water partition coefficient (Wildman–Crippen LogP) is 5.97. The van der Waals surface area contributed by atoms with Crippen molar-refractivity contribution in [2.45, 2.75) is 33.3 Å². The Morgan fingerprint density at radius 1 is 1.18 bits per heavy atom. The summed E-state index contributed by atoms with van der Waals surface area (Å²) in [5.74, 6) is 0.537. The highest BCUT2D eigenvalue weighted by Crippen LogP contribution is 2.29. The zero-order valence-corrected chi connectivity index (χ0v) is 17.9. The minimum absolute atomic E-state index is 0.147. The standard InChI is InChI=1S/C23H25BrO4/c1-4-27-23(26)15-20-12-11-19(18-8-6-5-7-9-18)14-22(20)28-16(2)10-13-21(24)17(3)25/h5-14,16,25H,4,15H2,1-3H3/b13-10-,21-17-. The van der Waals surface area contributed by atoms with Crippen LogP contribution in [-0.2, 0) is 16.0 Å². The number of hydrogen-bond acceptors (Lipinski definition) is 4. The highest BCUT2D eigenvalue weighted by atomic mass is 79.9. The number of hydrogen-bond donors (Lipinski definition) is 1. The van der Waals surface area contributed by atoms with Crippen LogP contribution < -0.4 is 4.74 Å². The Morgan fingerprint density at radius 3 is 2.54 bits per heavy atom. The van der Waals surface area contributed by atoms with Crippen molar-refractivity contribution < 1.29 is 19.4 Å². The molecule has 0 aliphatic carbocycles. The molecule has 0 bridgehead atoms. The summed E-state index contributed by atoms with van der Waals surface area (Å²) in [5, 5.41) is 9.47. The van der Waals surface area contributed by atoms with Crippen molar-refractivity contribution in [3.05, 3.63) is 76.5 Å². The van der Waals surface area contributed by atoms with Crippen molar-refractivity contribution in [2.75, 3.05) is 6.61 Å². The molecule has 4 nitrogen and oxygen atoms in total. The van der Waals surface area contributed by atoms with Crippen LogP contribution in [-0.4, -0.2) is 23.8 Å². The Bertz CT molecular complexity index is 852. The van der Waals surface area contributed by atoms with Gasteiger partial charge in [-0.25, -0.2) is 0 Å². The topological polar surface area (TPSA) is 55.8 Å². The molecule has 0 amide bonds. The average Bonchev–Trinajstić information content (AvgIpc) is 2.68. The van der Waals surface area contributed by atoms with Gasteiger partial charge < -0.3 is 14.6 Å². The van der Waals surface area contributed by atoms with Gasteiger partial charge in [-0.05, 0) is 66.0 Å². The molecule has 28 heavy (non-hydrogen) atoms. The van der Waals surface area contributed by atoms with E-state index in [1.54, 1.807) is 19.9 Å². The van der Waals surface area contributed by atoms with Gasteiger partial charge in [0.15, 0.2) is 0 Å². The van der Waals surface area contributed by atoms with Crippen LogP contribution in [0.2, 0.25) is 0 Å². The van der Waals surface area contributed by atoms with Crippen LogP contribution in [0.5, 0.6) is 5.75 Å². The van der Waals surface area contributed by atoms with Gasteiger partial charge in [-0.2, -0.15) is 0 Å². The molecule has 2 aromatic rings. The Labute approximate surface area is 174 Å². The molecule has 0 aliphatic heterocycles. The third-order valence-electron chi connectivity index (χ3n) is 3.99. The first-order chi connectivity index (χ1) is 13.4. The van der Waals surface area contributed by atoms with Crippen LogP contribution in [0.25, 0.3) is 11.1 Å². The number of allylic oxidation sites excluding steroid dienone is 3. The minimum Gasteiger partial charge on any atom is -0.511 e. The maximum absolute atomic E-state index is 12.0. The van der Waals surface area contributed by atoms with Gasteiger partial charge in [-0.3, -0.25) is 4.79 Å². The molecule has 0 spiro atoms. The summed E-state index contributed by atoms with van der Waals surface area (Å²) >= 11 is 3.29. The molecule has 0 heterocycles. The molecule has 0 radical (unpaired) electrons. The maximum atomic E-state index is 12.0. The molecule has 1 N–H and O–H groups in total. The first-order valence-corrected chi connectivity index (χ1v) is 9.94. The largest absolute Gasteiger partial charge is 0.511 e. The first-order valence-electron chi connectivity index (χ1n) is 9.14. The molecule has 0 fully saturated rings. The molecule has 2 rings (SSSR count). The van der Waals surface area contributed by atoms with Gasteiger partial charge in [-0.1, -0.05) is 42.5 Å². The second-order valence-electron chi connectivity index (χ2n) is 6.29. The van der Waals surface area contributed by atoms with Gasteiger partial charge in [0.2, 0.25) is 0 Å². The van der Waals surface area contributed by atoms with Gasteiger partial charge in [-0.15, -0.1) is 0 Å². The summed E-state index contributed by atoms with van der Waals surface area (Å²) in [6.45, 7) is 5.62. The number of halogens is 1. The molecule has 148 valence electrons. The lowest BCUT2D eigenvalue weighted by molar-refractivity contribution is -0.142. The number of carbonyl (C=O) groups is 1. The van der Waals surface area contributed by atoms with Crippen LogP contribution in [0.15, 0.2) is 70.9 Å². The molecule has 0 aromatic heterocycles. The highest BCUT2D eigenvalue weighted by Gasteiger charge is 2.13. The van der Waals surface area contributed by atoms with Crippen molar-refractivity contribution in [1.82, 2.24) is 0 Å². The van der Waals surface area contributed by atoms with E-state index >= 15 is 0 Å². The minimum atomic E-state index is -0.287. The van der Waals surface area contributed by atoms with Gasteiger partial charge in [0.05, 0.1) is 17.5 Å². The smallest absolute Gasteiger partial charge is 0.310 e. The van der Waals surface area contributed by atoms with E-state index in [2.05, 4.69) is 15.9 Å². The number of benzene rings is 2. The van der Waals surface area contributed by atoms with Crippen molar-refractivity contribution in [3.8, 4) is 16.9 Å². The lowest BCUT2D eigenvalue weighted by atomic mass is 10.0. The predicted molar refractivity (Wildman–Crippen MR) is 116 cm³/mol. The third-order valence-corrected chi connectivity index (χ3v) is 4.82. The van der Waals surface area contributed by atoms with Crippen LogP contribution in [0.3, 0.4) is 0 Å². The van der Waals surface area contributed by atoms with E-state index < -0.39 is 0 Å². The van der Waals surface area contributed by atoms with E-state index in [0.29, 0.717) is 16.8 Å². The third kappa shape index (κ3) is 6.57. The Kier molecular flexibility index (Phi) is 8.33. The number of aliphatic hydroxyl groups excluding tert-OH is 1. The van der Waals surface area contributed by atoms with E-state index in [-0.39, 0.29) is 24.3 Å². The first kappa shape index (κ1) is 21.8. The molecule has 0 aliphatic rings. The Hall–Kier alpha value is -2.53. The van der Waals surface area contributed by atoms with Crippen LogP contribution in [0.4, 0.5) is 0 Å².